The van der Waals surface area contributed by atoms with Crippen LogP contribution < -0.4 is 5.56 Å². The molecule has 0 atom stereocenters. The van der Waals surface area contributed by atoms with Gasteiger partial charge < -0.3 is 4.57 Å². The van der Waals surface area contributed by atoms with E-state index in [1.165, 1.54) is 25.8 Å². The van der Waals surface area contributed by atoms with Crippen LogP contribution in [0.1, 0.15) is 5.56 Å². The van der Waals surface area contributed by atoms with Crippen molar-refractivity contribution in [1.29, 1.82) is 0 Å². The first kappa shape index (κ1) is 12.3. The summed E-state index contributed by atoms with van der Waals surface area (Å²) >= 11 is 0. The van der Waals surface area contributed by atoms with Gasteiger partial charge in [0.05, 0.1) is 11.1 Å². The molecule has 2 heterocycles. The molecule has 94 valence electrons. The minimum atomic E-state index is -4.60. The van der Waals surface area contributed by atoms with Crippen LogP contribution >= 0.6 is 0 Å². The fourth-order valence-electron chi connectivity index (χ4n) is 1.57. The molecule has 0 radical (unpaired) electrons. The van der Waals surface area contributed by atoms with Gasteiger partial charge in [-0.3, -0.25) is 4.79 Å². The number of aryl methyl sites for hydroxylation is 1. The molecular formula is C11H8F3N3O. The lowest BCUT2D eigenvalue weighted by molar-refractivity contribution is -0.137. The highest BCUT2D eigenvalue weighted by atomic mass is 19.4. The maximum Gasteiger partial charge on any atom is 0.417 e. The summed E-state index contributed by atoms with van der Waals surface area (Å²) in [6, 6.07) is 0.865. The van der Waals surface area contributed by atoms with E-state index in [2.05, 4.69) is 9.97 Å². The SMILES string of the molecule is Cn1ccc(C(F)(F)F)c(-c2cncnc2)c1=O. The van der Waals surface area contributed by atoms with Crippen molar-refractivity contribution in [2.45, 2.75) is 6.18 Å². The largest absolute Gasteiger partial charge is 0.417 e. The zero-order chi connectivity index (χ0) is 13.3. The van der Waals surface area contributed by atoms with Crippen LogP contribution in [0.15, 0.2) is 35.8 Å². The van der Waals surface area contributed by atoms with Crippen molar-refractivity contribution in [3.05, 3.63) is 46.9 Å². The Morgan fingerprint density at radius 2 is 1.83 bits per heavy atom. The van der Waals surface area contributed by atoms with Crippen LogP contribution in [-0.4, -0.2) is 14.5 Å². The molecule has 0 bridgehead atoms. The Balaban J connectivity index is 2.80. The number of halogens is 3. The Kier molecular flexibility index (Phi) is 2.90. The third-order valence-corrected chi connectivity index (χ3v) is 2.42. The van der Waals surface area contributed by atoms with Gasteiger partial charge in [-0.05, 0) is 6.07 Å². The van der Waals surface area contributed by atoms with Crippen molar-refractivity contribution < 1.29 is 13.2 Å². The van der Waals surface area contributed by atoms with E-state index in [4.69, 9.17) is 0 Å². The third-order valence-electron chi connectivity index (χ3n) is 2.42. The highest BCUT2D eigenvalue weighted by Crippen LogP contribution is 2.34. The summed E-state index contributed by atoms with van der Waals surface area (Å²) in [4.78, 5) is 19.1. The van der Waals surface area contributed by atoms with Crippen LogP contribution in [0, 0.1) is 0 Å². The highest BCUT2D eigenvalue weighted by molar-refractivity contribution is 5.65. The fraction of sp³-hybridized carbons (Fsp3) is 0.182. The van der Waals surface area contributed by atoms with Gasteiger partial charge in [0.1, 0.15) is 6.33 Å². The van der Waals surface area contributed by atoms with Gasteiger partial charge in [0.25, 0.3) is 5.56 Å². The summed E-state index contributed by atoms with van der Waals surface area (Å²) < 4.78 is 39.7. The highest BCUT2D eigenvalue weighted by Gasteiger charge is 2.35. The van der Waals surface area contributed by atoms with E-state index >= 15 is 0 Å². The van der Waals surface area contributed by atoms with Gasteiger partial charge in [-0.2, -0.15) is 13.2 Å². The van der Waals surface area contributed by atoms with Gasteiger partial charge in [-0.1, -0.05) is 0 Å². The lowest BCUT2D eigenvalue weighted by atomic mass is 10.0. The van der Waals surface area contributed by atoms with Gasteiger partial charge in [0.2, 0.25) is 0 Å². The van der Waals surface area contributed by atoms with E-state index in [9.17, 15) is 18.0 Å². The van der Waals surface area contributed by atoms with Crippen LogP contribution in [0.2, 0.25) is 0 Å². The van der Waals surface area contributed by atoms with E-state index in [1.54, 1.807) is 0 Å². The van der Waals surface area contributed by atoms with Crippen LogP contribution in [0.4, 0.5) is 13.2 Å². The quantitative estimate of drug-likeness (QED) is 0.781. The van der Waals surface area contributed by atoms with Gasteiger partial charge in [0, 0.05) is 31.2 Å². The predicted molar refractivity (Wildman–Crippen MR) is 57.7 cm³/mol. The Hall–Kier alpha value is -2.18. The minimum Gasteiger partial charge on any atom is -0.318 e. The predicted octanol–water partition coefficient (Wildman–Crippen LogP) is 1.86. The first-order valence-electron chi connectivity index (χ1n) is 4.93. The normalized spacial score (nSPS) is 11.6. The van der Waals surface area contributed by atoms with E-state index in [1.807, 2.05) is 0 Å². The van der Waals surface area contributed by atoms with E-state index in [-0.39, 0.29) is 5.56 Å². The first-order valence-corrected chi connectivity index (χ1v) is 4.93. The summed E-state index contributed by atoms with van der Waals surface area (Å²) in [6.07, 6.45) is 0.0270. The topological polar surface area (TPSA) is 47.8 Å². The molecule has 0 N–H and O–H groups in total. The molecule has 0 aromatic carbocycles. The van der Waals surface area contributed by atoms with Crippen molar-refractivity contribution in [2.75, 3.05) is 0 Å². The van der Waals surface area contributed by atoms with E-state index < -0.39 is 22.9 Å². The lowest BCUT2D eigenvalue weighted by Crippen LogP contribution is -2.23. The second-order valence-corrected chi connectivity index (χ2v) is 3.65. The number of hydrogen-bond donors (Lipinski definition) is 0. The Morgan fingerprint density at radius 3 is 2.39 bits per heavy atom. The third kappa shape index (κ3) is 2.11. The Bertz CT molecular complexity index is 620. The molecule has 0 spiro atoms. The molecular weight excluding hydrogens is 247 g/mol. The molecule has 0 amide bonds. The number of alkyl halides is 3. The number of aromatic nitrogens is 3. The summed E-state index contributed by atoms with van der Waals surface area (Å²) in [5.41, 5.74) is -2.11. The molecule has 0 saturated carbocycles. The average Bonchev–Trinajstić information content (AvgIpc) is 2.32. The fourth-order valence-corrected chi connectivity index (χ4v) is 1.57. The molecule has 0 aliphatic carbocycles. The first-order chi connectivity index (χ1) is 8.41. The molecule has 7 heteroatoms. The summed E-state index contributed by atoms with van der Waals surface area (Å²) in [6.45, 7) is 0. The van der Waals surface area contributed by atoms with Crippen molar-refractivity contribution >= 4 is 0 Å². The van der Waals surface area contributed by atoms with Crippen LogP contribution in [-0.2, 0) is 13.2 Å². The minimum absolute atomic E-state index is 0.0472. The Labute approximate surface area is 99.7 Å². The van der Waals surface area contributed by atoms with Crippen LogP contribution in [0.5, 0.6) is 0 Å². The van der Waals surface area contributed by atoms with Gasteiger partial charge in [-0.15, -0.1) is 0 Å². The second kappa shape index (κ2) is 4.25. The van der Waals surface area contributed by atoms with Gasteiger partial charge in [0.15, 0.2) is 0 Å². The summed E-state index contributed by atoms with van der Waals surface area (Å²) in [7, 11) is 1.38. The van der Waals surface area contributed by atoms with Crippen molar-refractivity contribution in [2.24, 2.45) is 7.05 Å². The molecule has 0 saturated heterocycles. The molecule has 0 unspecified atom stereocenters. The monoisotopic (exact) mass is 255 g/mol. The van der Waals surface area contributed by atoms with Gasteiger partial charge >= 0.3 is 6.18 Å². The molecule has 2 aromatic rings. The lowest BCUT2D eigenvalue weighted by Gasteiger charge is -2.12. The van der Waals surface area contributed by atoms with Crippen LogP contribution in [0.3, 0.4) is 0 Å². The molecule has 2 rings (SSSR count). The standard InChI is InChI=1S/C11H8F3N3O/c1-17-3-2-8(11(12,13)14)9(10(17)18)7-4-15-6-16-5-7/h2-6H,1H3. The summed E-state index contributed by atoms with van der Waals surface area (Å²) in [5.74, 6) is 0. The molecule has 18 heavy (non-hydrogen) atoms. The number of nitrogens with zero attached hydrogens (tertiary/aromatic N) is 3. The van der Waals surface area contributed by atoms with E-state index in [0.717, 1.165) is 16.8 Å². The zero-order valence-corrected chi connectivity index (χ0v) is 9.27. The maximum atomic E-state index is 12.9. The van der Waals surface area contributed by atoms with Crippen LogP contribution in [0.25, 0.3) is 11.1 Å². The molecule has 0 aliphatic heterocycles. The van der Waals surface area contributed by atoms with Gasteiger partial charge in [-0.25, -0.2) is 9.97 Å². The molecule has 4 nitrogen and oxygen atoms in total. The average molecular weight is 255 g/mol. The number of hydrogen-bond acceptors (Lipinski definition) is 3. The maximum absolute atomic E-state index is 12.9. The van der Waals surface area contributed by atoms with E-state index in [0.29, 0.717) is 0 Å². The number of rotatable bonds is 1. The molecule has 0 aliphatic rings. The zero-order valence-electron chi connectivity index (χ0n) is 9.27. The smallest absolute Gasteiger partial charge is 0.318 e. The van der Waals surface area contributed by atoms with Crippen molar-refractivity contribution in [3.8, 4) is 11.1 Å². The molecule has 0 fully saturated rings. The van der Waals surface area contributed by atoms with Crippen molar-refractivity contribution in [1.82, 2.24) is 14.5 Å². The second-order valence-electron chi connectivity index (χ2n) is 3.65. The number of pyridine rings is 1. The Morgan fingerprint density at radius 1 is 1.22 bits per heavy atom. The molecule has 2 aromatic heterocycles. The summed E-state index contributed by atoms with van der Waals surface area (Å²) in [5, 5.41) is 0. The van der Waals surface area contributed by atoms with Crippen molar-refractivity contribution in [3.63, 3.8) is 0 Å².